The Bertz CT molecular complexity index is 909. The first-order chi connectivity index (χ1) is 12.1. The summed E-state index contributed by atoms with van der Waals surface area (Å²) in [7, 11) is 3.08. The van der Waals surface area contributed by atoms with Crippen molar-refractivity contribution in [2.45, 2.75) is 6.42 Å². The first-order valence-corrected chi connectivity index (χ1v) is 7.59. The van der Waals surface area contributed by atoms with E-state index in [1.54, 1.807) is 43.5 Å². The number of para-hydroxylation sites is 2. The number of rotatable bonds is 6. The van der Waals surface area contributed by atoms with Crippen molar-refractivity contribution in [3.63, 3.8) is 0 Å². The van der Waals surface area contributed by atoms with Crippen molar-refractivity contribution in [1.29, 1.82) is 0 Å². The average Bonchev–Trinajstić information content (AvgIpc) is 3.04. The zero-order valence-corrected chi connectivity index (χ0v) is 13.8. The van der Waals surface area contributed by atoms with E-state index in [4.69, 9.17) is 13.9 Å². The molecular formula is C19H16NO5-. The Labute approximate surface area is 144 Å². The van der Waals surface area contributed by atoms with Gasteiger partial charge in [-0.1, -0.05) is 18.2 Å². The van der Waals surface area contributed by atoms with Crippen LogP contribution in [0.25, 0.3) is 22.7 Å². The lowest BCUT2D eigenvalue weighted by molar-refractivity contribution is -0.304. The van der Waals surface area contributed by atoms with Crippen LogP contribution in [0.4, 0.5) is 0 Å². The number of carbonyl (C=O) groups is 1. The van der Waals surface area contributed by atoms with Gasteiger partial charge in [-0.3, -0.25) is 0 Å². The van der Waals surface area contributed by atoms with Gasteiger partial charge in [0.2, 0.25) is 5.89 Å². The van der Waals surface area contributed by atoms with Crippen LogP contribution < -0.4 is 14.6 Å². The molecule has 0 fully saturated rings. The van der Waals surface area contributed by atoms with E-state index in [1.165, 1.54) is 7.11 Å². The number of benzene rings is 2. The van der Waals surface area contributed by atoms with Crippen LogP contribution in [0.5, 0.6) is 11.5 Å². The van der Waals surface area contributed by atoms with Crippen LogP contribution in [-0.4, -0.2) is 25.2 Å². The molecule has 2 aromatic carbocycles. The number of nitrogens with zero attached hydrogens (tertiary/aromatic N) is 1. The predicted octanol–water partition coefficient (Wildman–Crippen LogP) is 2.53. The van der Waals surface area contributed by atoms with Crippen molar-refractivity contribution in [3.8, 4) is 11.5 Å². The number of oxazole rings is 1. The largest absolute Gasteiger partial charge is 0.550 e. The highest BCUT2D eigenvalue weighted by molar-refractivity contribution is 5.90. The van der Waals surface area contributed by atoms with Gasteiger partial charge < -0.3 is 23.8 Å². The molecule has 0 bridgehead atoms. The SMILES string of the molecule is COc1ccc(/C=C(\CC(=O)[O-])c2nc3ccccc3o2)cc1OC. The molecule has 1 heterocycles. The van der Waals surface area contributed by atoms with Crippen LogP contribution in [0, 0.1) is 0 Å². The number of fused-ring (bicyclic) bond motifs is 1. The molecule has 6 heteroatoms. The molecule has 0 aliphatic heterocycles. The number of hydrogen-bond acceptors (Lipinski definition) is 6. The molecule has 0 unspecified atom stereocenters. The molecular weight excluding hydrogens is 322 g/mol. The van der Waals surface area contributed by atoms with Crippen LogP contribution in [0.2, 0.25) is 0 Å². The summed E-state index contributed by atoms with van der Waals surface area (Å²) in [6, 6.07) is 12.5. The van der Waals surface area contributed by atoms with Crippen LogP contribution >= 0.6 is 0 Å². The summed E-state index contributed by atoms with van der Waals surface area (Å²) in [6.07, 6.45) is 1.36. The Kier molecular flexibility index (Phi) is 4.70. The fourth-order valence-corrected chi connectivity index (χ4v) is 2.50. The van der Waals surface area contributed by atoms with Crippen molar-refractivity contribution < 1.29 is 23.8 Å². The molecule has 0 saturated heterocycles. The van der Waals surface area contributed by atoms with Gasteiger partial charge in [0.15, 0.2) is 17.1 Å². The normalized spacial score (nSPS) is 11.5. The molecule has 0 aliphatic rings. The first kappa shape index (κ1) is 16.6. The maximum atomic E-state index is 11.1. The summed E-state index contributed by atoms with van der Waals surface area (Å²) in [5, 5.41) is 11.1. The highest BCUT2D eigenvalue weighted by Crippen LogP contribution is 2.30. The van der Waals surface area contributed by atoms with Crippen molar-refractivity contribution in [2.75, 3.05) is 14.2 Å². The third-order valence-electron chi connectivity index (χ3n) is 3.65. The van der Waals surface area contributed by atoms with Gasteiger partial charge in [-0.25, -0.2) is 4.98 Å². The first-order valence-electron chi connectivity index (χ1n) is 7.59. The molecule has 128 valence electrons. The number of carbonyl (C=O) groups excluding carboxylic acids is 1. The van der Waals surface area contributed by atoms with Crippen LogP contribution in [0.1, 0.15) is 17.9 Å². The number of methoxy groups -OCH3 is 2. The van der Waals surface area contributed by atoms with Gasteiger partial charge in [0, 0.05) is 18.0 Å². The maximum Gasteiger partial charge on any atom is 0.223 e. The minimum absolute atomic E-state index is 0.250. The van der Waals surface area contributed by atoms with E-state index in [9.17, 15) is 9.90 Å². The Balaban J connectivity index is 2.06. The Morgan fingerprint density at radius 1 is 1.16 bits per heavy atom. The number of ether oxygens (including phenoxy) is 2. The van der Waals surface area contributed by atoms with E-state index in [-0.39, 0.29) is 12.3 Å². The second kappa shape index (κ2) is 7.09. The number of aliphatic carboxylic acids is 1. The molecule has 0 atom stereocenters. The second-order valence-electron chi connectivity index (χ2n) is 5.32. The van der Waals surface area contributed by atoms with Gasteiger partial charge in [-0.2, -0.15) is 0 Å². The Morgan fingerprint density at radius 3 is 2.60 bits per heavy atom. The zero-order valence-electron chi connectivity index (χ0n) is 13.8. The summed E-state index contributed by atoms with van der Waals surface area (Å²) in [5.74, 6) is 0.166. The van der Waals surface area contributed by atoms with Gasteiger partial charge in [0.1, 0.15) is 5.52 Å². The molecule has 25 heavy (non-hydrogen) atoms. The van der Waals surface area contributed by atoms with Gasteiger partial charge >= 0.3 is 0 Å². The monoisotopic (exact) mass is 338 g/mol. The van der Waals surface area contributed by atoms with Crippen molar-refractivity contribution in [3.05, 3.63) is 53.9 Å². The lowest BCUT2D eigenvalue weighted by atomic mass is 10.1. The molecule has 1 aromatic heterocycles. The fourth-order valence-electron chi connectivity index (χ4n) is 2.50. The van der Waals surface area contributed by atoms with E-state index in [1.807, 2.05) is 12.1 Å². The van der Waals surface area contributed by atoms with E-state index < -0.39 is 5.97 Å². The summed E-state index contributed by atoms with van der Waals surface area (Å²) in [4.78, 5) is 15.5. The lowest BCUT2D eigenvalue weighted by Gasteiger charge is -2.09. The summed E-state index contributed by atoms with van der Waals surface area (Å²) >= 11 is 0. The third kappa shape index (κ3) is 3.63. The van der Waals surface area contributed by atoms with E-state index in [2.05, 4.69) is 4.98 Å². The Morgan fingerprint density at radius 2 is 1.92 bits per heavy atom. The molecule has 0 N–H and O–H groups in total. The molecule has 6 nitrogen and oxygen atoms in total. The quantitative estimate of drug-likeness (QED) is 0.687. The Hall–Kier alpha value is -3.28. The van der Waals surface area contributed by atoms with E-state index in [0.29, 0.717) is 28.2 Å². The van der Waals surface area contributed by atoms with Gasteiger partial charge in [0.25, 0.3) is 0 Å². The molecule has 0 aliphatic carbocycles. The van der Waals surface area contributed by atoms with Crippen molar-refractivity contribution in [2.24, 2.45) is 0 Å². The maximum absolute atomic E-state index is 11.1. The molecule has 0 amide bonds. The lowest BCUT2D eigenvalue weighted by Crippen LogP contribution is -2.22. The topological polar surface area (TPSA) is 84.6 Å². The molecule has 3 aromatic rings. The second-order valence-corrected chi connectivity index (χ2v) is 5.32. The predicted molar refractivity (Wildman–Crippen MR) is 91.1 cm³/mol. The molecule has 0 spiro atoms. The molecule has 0 saturated carbocycles. The highest BCUT2D eigenvalue weighted by atomic mass is 16.5. The standard InChI is InChI=1S/C19H17NO5/c1-23-16-8-7-12(10-17(16)24-2)9-13(11-18(21)22)19-20-14-5-3-4-6-15(14)25-19/h3-10H,11H2,1-2H3,(H,21,22)/p-1/b13-9+. The smallest absolute Gasteiger partial charge is 0.223 e. The number of carboxylic acids is 1. The van der Waals surface area contributed by atoms with E-state index in [0.717, 1.165) is 5.56 Å². The van der Waals surface area contributed by atoms with Gasteiger partial charge in [-0.05, 0) is 35.9 Å². The van der Waals surface area contributed by atoms with Crippen molar-refractivity contribution in [1.82, 2.24) is 4.98 Å². The van der Waals surface area contributed by atoms with Gasteiger partial charge in [-0.15, -0.1) is 0 Å². The number of hydrogen-bond donors (Lipinski definition) is 0. The van der Waals surface area contributed by atoms with Gasteiger partial charge in [0.05, 0.1) is 14.2 Å². The van der Waals surface area contributed by atoms with Crippen LogP contribution in [-0.2, 0) is 4.79 Å². The minimum atomic E-state index is -1.21. The highest BCUT2D eigenvalue weighted by Gasteiger charge is 2.12. The van der Waals surface area contributed by atoms with Crippen molar-refractivity contribution >= 4 is 28.7 Å². The molecule has 0 radical (unpaired) electrons. The van der Waals surface area contributed by atoms with E-state index >= 15 is 0 Å². The average molecular weight is 338 g/mol. The number of aromatic nitrogens is 1. The van der Waals surface area contributed by atoms with Crippen LogP contribution in [0.3, 0.4) is 0 Å². The van der Waals surface area contributed by atoms with Crippen LogP contribution in [0.15, 0.2) is 46.9 Å². The summed E-state index contributed by atoms with van der Waals surface area (Å²) in [5.41, 5.74) is 2.39. The minimum Gasteiger partial charge on any atom is -0.550 e. The number of carboxylic acid groups (broad SMARTS) is 1. The molecule has 3 rings (SSSR count). The summed E-state index contributed by atoms with van der Waals surface area (Å²) < 4.78 is 16.2. The summed E-state index contributed by atoms with van der Waals surface area (Å²) in [6.45, 7) is 0. The zero-order chi connectivity index (χ0) is 17.8. The fraction of sp³-hybridized carbons (Fsp3) is 0.158. The third-order valence-corrected chi connectivity index (χ3v) is 3.65.